The van der Waals surface area contributed by atoms with Crippen LogP contribution in [0.5, 0.6) is 18.0 Å². The van der Waals surface area contributed by atoms with Gasteiger partial charge in [-0.1, -0.05) is 0 Å². The van der Waals surface area contributed by atoms with E-state index in [0.29, 0.717) is 0 Å². The van der Waals surface area contributed by atoms with Gasteiger partial charge in [-0.15, -0.1) is 15.0 Å². The van der Waals surface area contributed by atoms with Crippen molar-refractivity contribution < 1.29 is 42.8 Å². The molecule has 0 unspecified atom stereocenters. The van der Waals surface area contributed by atoms with Gasteiger partial charge in [0.05, 0.1) is 0 Å². The predicted octanol–water partition coefficient (Wildman–Crippen LogP) is -1.47. The van der Waals surface area contributed by atoms with Crippen molar-refractivity contribution in [2.45, 2.75) is 0 Å². The van der Waals surface area contributed by atoms with Crippen LogP contribution in [0.4, 0.5) is 0 Å². The van der Waals surface area contributed by atoms with Gasteiger partial charge in [-0.3, -0.25) is 0 Å². The fourth-order valence-corrected chi connectivity index (χ4v) is 1.20. The van der Waals surface area contributed by atoms with Crippen LogP contribution in [0, 0.1) is 0 Å². The van der Waals surface area contributed by atoms with Gasteiger partial charge in [0.1, 0.15) is 19.8 Å². The average molecular weight is 345 g/mol. The first-order valence-electron chi connectivity index (χ1n) is 6.33. The van der Waals surface area contributed by atoms with Crippen LogP contribution in [0.2, 0.25) is 0 Å². The summed E-state index contributed by atoms with van der Waals surface area (Å²) in [6.45, 7) is -1.12. The van der Waals surface area contributed by atoms with Crippen LogP contribution in [-0.2, 0) is 28.6 Å². The van der Waals surface area contributed by atoms with Crippen LogP contribution < -0.4 is 14.2 Å². The fraction of sp³-hybridized carbons (Fsp3) is 0.500. The van der Waals surface area contributed by atoms with Crippen LogP contribution in [0.1, 0.15) is 0 Å². The second-order valence-electron chi connectivity index (χ2n) is 3.90. The van der Waals surface area contributed by atoms with Crippen LogP contribution in [-0.4, -0.2) is 74.0 Å². The van der Waals surface area contributed by atoms with Crippen molar-refractivity contribution in [2.75, 3.05) is 41.2 Å². The van der Waals surface area contributed by atoms with Crippen molar-refractivity contribution in [1.29, 1.82) is 0 Å². The third-order valence-corrected chi connectivity index (χ3v) is 1.98. The molecule has 0 amide bonds. The Bertz CT molecular complexity index is 500. The topological polar surface area (TPSA) is 145 Å². The summed E-state index contributed by atoms with van der Waals surface area (Å²) in [6, 6.07) is -1.65. The number of rotatable bonds is 9. The smallest absolute Gasteiger partial charge is 0.339 e. The summed E-state index contributed by atoms with van der Waals surface area (Å²) in [7, 11) is 3.85. The molecule has 1 aromatic heterocycles. The summed E-state index contributed by atoms with van der Waals surface area (Å²) in [4.78, 5) is 44.9. The number of carbonyl (C=O) groups excluding carboxylic acids is 3. The number of nitrogens with zero attached hydrogens (tertiary/aromatic N) is 3. The SMILES string of the molecule is COCC(=O)Oc1nc(OC(=O)COC)nc(OC(=O)COC)n1. The van der Waals surface area contributed by atoms with Crippen LogP contribution in [0.25, 0.3) is 0 Å². The van der Waals surface area contributed by atoms with E-state index < -0.39 is 35.9 Å². The van der Waals surface area contributed by atoms with Crippen molar-refractivity contribution in [3.05, 3.63) is 0 Å². The lowest BCUT2D eigenvalue weighted by Gasteiger charge is -2.07. The lowest BCUT2D eigenvalue weighted by Crippen LogP contribution is -2.20. The van der Waals surface area contributed by atoms with Gasteiger partial charge in [-0.05, 0) is 0 Å². The number of hydrogen-bond donors (Lipinski definition) is 0. The second kappa shape index (κ2) is 10.1. The van der Waals surface area contributed by atoms with Gasteiger partial charge in [0.15, 0.2) is 0 Å². The van der Waals surface area contributed by atoms with E-state index >= 15 is 0 Å². The molecular weight excluding hydrogens is 330 g/mol. The number of carbonyl (C=O) groups is 3. The molecule has 0 aliphatic heterocycles. The second-order valence-corrected chi connectivity index (χ2v) is 3.90. The molecule has 0 saturated heterocycles. The Morgan fingerprint density at radius 2 is 0.875 bits per heavy atom. The van der Waals surface area contributed by atoms with Crippen LogP contribution in [0.3, 0.4) is 0 Å². The van der Waals surface area contributed by atoms with Gasteiger partial charge >= 0.3 is 35.9 Å². The Balaban J connectivity index is 2.97. The highest BCUT2D eigenvalue weighted by Gasteiger charge is 2.17. The van der Waals surface area contributed by atoms with Crippen molar-refractivity contribution >= 4 is 17.9 Å². The Morgan fingerprint density at radius 3 is 1.08 bits per heavy atom. The Labute approximate surface area is 136 Å². The molecule has 132 valence electrons. The lowest BCUT2D eigenvalue weighted by atomic mass is 10.7. The molecule has 1 heterocycles. The predicted molar refractivity (Wildman–Crippen MR) is 72.4 cm³/mol. The quantitative estimate of drug-likeness (QED) is 0.481. The van der Waals surface area contributed by atoms with E-state index in [1.807, 2.05) is 0 Å². The van der Waals surface area contributed by atoms with Crippen molar-refractivity contribution in [3.8, 4) is 18.0 Å². The zero-order valence-electron chi connectivity index (χ0n) is 13.1. The van der Waals surface area contributed by atoms with E-state index in [1.54, 1.807) is 0 Å². The largest absolute Gasteiger partial charge is 0.389 e. The molecule has 0 fully saturated rings. The molecule has 12 heteroatoms. The summed E-state index contributed by atoms with van der Waals surface area (Å²) >= 11 is 0. The van der Waals surface area contributed by atoms with Crippen LogP contribution in [0.15, 0.2) is 0 Å². The van der Waals surface area contributed by atoms with E-state index in [0.717, 1.165) is 0 Å². The summed E-state index contributed by atoms with van der Waals surface area (Å²) in [5, 5.41) is 0. The molecule has 0 saturated carbocycles. The van der Waals surface area contributed by atoms with E-state index in [1.165, 1.54) is 21.3 Å². The maximum atomic E-state index is 11.4. The van der Waals surface area contributed by atoms with E-state index in [9.17, 15) is 14.4 Å². The number of methoxy groups -OCH3 is 3. The Hall–Kier alpha value is -2.70. The maximum Gasteiger partial charge on any atom is 0.339 e. The molecule has 1 aromatic rings. The molecule has 12 nitrogen and oxygen atoms in total. The molecule has 0 spiro atoms. The molecule has 0 radical (unpaired) electrons. The number of hydrogen-bond acceptors (Lipinski definition) is 12. The third kappa shape index (κ3) is 7.04. The van der Waals surface area contributed by atoms with Gasteiger partial charge < -0.3 is 28.4 Å². The first-order chi connectivity index (χ1) is 11.5. The van der Waals surface area contributed by atoms with Gasteiger partial charge in [-0.2, -0.15) is 0 Å². The number of ether oxygens (including phenoxy) is 6. The van der Waals surface area contributed by atoms with Gasteiger partial charge in [0, 0.05) is 21.3 Å². The molecule has 1 rings (SSSR count). The summed E-state index contributed by atoms with van der Waals surface area (Å²) in [5.74, 6) is -2.48. The Kier molecular flexibility index (Phi) is 8.18. The first kappa shape index (κ1) is 19.3. The molecular formula is C12H15N3O9. The highest BCUT2D eigenvalue weighted by atomic mass is 16.6. The van der Waals surface area contributed by atoms with Crippen molar-refractivity contribution in [1.82, 2.24) is 15.0 Å². The zero-order valence-corrected chi connectivity index (χ0v) is 13.1. The normalized spacial score (nSPS) is 10.1. The summed E-state index contributed by atoms with van der Waals surface area (Å²) in [6.07, 6.45) is 0. The molecule has 0 aromatic carbocycles. The van der Waals surface area contributed by atoms with E-state index in [4.69, 9.17) is 14.2 Å². The monoisotopic (exact) mass is 345 g/mol. The molecule has 0 bridgehead atoms. The average Bonchev–Trinajstić information content (AvgIpc) is 2.47. The Morgan fingerprint density at radius 1 is 0.625 bits per heavy atom. The number of aromatic nitrogens is 3. The molecule has 0 aliphatic carbocycles. The molecule has 0 aliphatic rings. The highest BCUT2D eigenvalue weighted by molar-refractivity contribution is 5.74. The number of esters is 3. The van der Waals surface area contributed by atoms with Crippen molar-refractivity contribution in [3.63, 3.8) is 0 Å². The standard InChI is InChI=1S/C12H15N3O9/c1-19-4-7(16)22-10-13-11(23-8(17)5-20-2)15-12(14-10)24-9(18)6-21-3/h4-6H2,1-3H3. The first-order valence-corrected chi connectivity index (χ1v) is 6.33. The lowest BCUT2D eigenvalue weighted by molar-refractivity contribution is -0.139. The minimum absolute atomic E-state index is 0.372. The van der Waals surface area contributed by atoms with Gasteiger partial charge in [0.25, 0.3) is 0 Å². The summed E-state index contributed by atoms with van der Waals surface area (Å²) < 4.78 is 28.0. The van der Waals surface area contributed by atoms with Gasteiger partial charge in [0.2, 0.25) is 0 Å². The van der Waals surface area contributed by atoms with Crippen molar-refractivity contribution in [2.24, 2.45) is 0 Å². The zero-order chi connectivity index (χ0) is 17.9. The van der Waals surface area contributed by atoms with E-state index in [-0.39, 0.29) is 19.8 Å². The summed E-state index contributed by atoms with van der Waals surface area (Å²) in [5.41, 5.74) is 0. The molecule has 0 N–H and O–H groups in total. The molecule has 24 heavy (non-hydrogen) atoms. The van der Waals surface area contributed by atoms with Gasteiger partial charge in [-0.25, -0.2) is 14.4 Å². The van der Waals surface area contributed by atoms with E-state index in [2.05, 4.69) is 29.2 Å². The fourth-order valence-electron chi connectivity index (χ4n) is 1.20. The highest BCUT2D eigenvalue weighted by Crippen LogP contribution is 2.15. The minimum Gasteiger partial charge on any atom is -0.389 e. The maximum absolute atomic E-state index is 11.4. The third-order valence-electron chi connectivity index (χ3n) is 1.98. The molecule has 0 atom stereocenters. The van der Waals surface area contributed by atoms with Crippen LogP contribution >= 0.6 is 0 Å². The minimum atomic E-state index is -0.827.